The fourth-order valence-corrected chi connectivity index (χ4v) is 5.19. The number of fused-ring (bicyclic) bond motifs is 2. The van der Waals surface area contributed by atoms with Gasteiger partial charge in [-0.1, -0.05) is 41.4 Å². The summed E-state index contributed by atoms with van der Waals surface area (Å²) in [6.07, 6.45) is 0. The number of rotatable bonds is 4. The van der Waals surface area contributed by atoms with Crippen molar-refractivity contribution >= 4 is 62.5 Å². The predicted molar refractivity (Wildman–Crippen MR) is 140 cm³/mol. The number of halogens is 2. The van der Waals surface area contributed by atoms with Crippen LogP contribution >= 0.6 is 23.2 Å². The Bertz CT molecular complexity index is 1730. The number of nitrogens with one attached hydrogen (secondary N) is 1. The number of anilines is 1. The average molecular weight is 517 g/mol. The summed E-state index contributed by atoms with van der Waals surface area (Å²) in [6.45, 7) is 1.88. The number of nitrogens with zero attached hydrogens (tertiary/aromatic N) is 1. The first-order valence-electron chi connectivity index (χ1n) is 11.2. The van der Waals surface area contributed by atoms with Crippen molar-refractivity contribution in [2.75, 3.05) is 4.90 Å². The van der Waals surface area contributed by atoms with Crippen molar-refractivity contribution in [2.24, 2.45) is 0 Å². The Labute approximate surface area is 215 Å². The Morgan fingerprint density at radius 1 is 1.00 bits per heavy atom. The van der Waals surface area contributed by atoms with Crippen molar-refractivity contribution in [1.82, 2.24) is 4.98 Å². The van der Waals surface area contributed by atoms with Gasteiger partial charge in [-0.3, -0.25) is 14.5 Å². The summed E-state index contributed by atoms with van der Waals surface area (Å²) in [5.41, 5.74) is 3.23. The molecule has 36 heavy (non-hydrogen) atoms. The maximum absolute atomic E-state index is 13.9. The molecule has 5 aromatic rings. The van der Waals surface area contributed by atoms with Crippen molar-refractivity contribution in [3.63, 3.8) is 0 Å². The fraction of sp³-hybridized carbons (Fsp3) is 0.0714. The number of aliphatic hydroxyl groups is 1. The molecule has 3 heterocycles. The summed E-state index contributed by atoms with van der Waals surface area (Å²) in [6, 6.07) is 20.0. The molecular weight excluding hydrogens is 499 g/mol. The van der Waals surface area contributed by atoms with Crippen LogP contribution in [0.2, 0.25) is 10.0 Å². The molecular formula is C28H18Cl2N2O4. The van der Waals surface area contributed by atoms with Gasteiger partial charge in [0.25, 0.3) is 5.91 Å². The number of aromatic nitrogens is 1. The maximum Gasteiger partial charge on any atom is 0.294 e. The molecule has 0 fully saturated rings. The van der Waals surface area contributed by atoms with Gasteiger partial charge in [-0.2, -0.15) is 0 Å². The van der Waals surface area contributed by atoms with Crippen LogP contribution < -0.4 is 4.90 Å². The molecule has 3 aromatic carbocycles. The highest BCUT2D eigenvalue weighted by atomic mass is 35.5. The number of amides is 1. The monoisotopic (exact) mass is 516 g/mol. The molecule has 2 aromatic heterocycles. The van der Waals surface area contributed by atoms with Crippen LogP contribution in [0.1, 0.15) is 27.9 Å². The van der Waals surface area contributed by atoms with Gasteiger partial charge in [-0.05, 0) is 61.5 Å². The molecule has 0 radical (unpaired) electrons. The van der Waals surface area contributed by atoms with Gasteiger partial charge >= 0.3 is 0 Å². The number of para-hydroxylation sites is 1. The highest BCUT2D eigenvalue weighted by Crippen LogP contribution is 2.45. The van der Waals surface area contributed by atoms with Crippen LogP contribution in [0.25, 0.3) is 21.9 Å². The molecule has 0 saturated heterocycles. The molecule has 6 nitrogen and oxygen atoms in total. The Kier molecular flexibility index (Phi) is 5.18. The number of ketones is 1. The van der Waals surface area contributed by atoms with Gasteiger partial charge in [-0.15, -0.1) is 0 Å². The van der Waals surface area contributed by atoms with E-state index in [1.54, 1.807) is 48.5 Å². The third-order valence-corrected chi connectivity index (χ3v) is 6.96. The van der Waals surface area contributed by atoms with Crippen LogP contribution in [0.3, 0.4) is 0 Å². The maximum atomic E-state index is 13.9. The second-order valence-corrected chi connectivity index (χ2v) is 9.52. The second-order valence-electron chi connectivity index (χ2n) is 8.65. The minimum Gasteiger partial charge on any atom is -0.503 e. The van der Waals surface area contributed by atoms with E-state index in [-0.39, 0.29) is 11.3 Å². The van der Waals surface area contributed by atoms with Gasteiger partial charge in [0, 0.05) is 43.3 Å². The topological polar surface area (TPSA) is 86.5 Å². The highest BCUT2D eigenvalue weighted by Gasteiger charge is 2.46. The molecule has 8 heteroatoms. The summed E-state index contributed by atoms with van der Waals surface area (Å²) in [5.74, 6) is -1.89. The van der Waals surface area contributed by atoms with Crippen LogP contribution in [-0.2, 0) is 4.79 Å². The SMILES string of the molecule is Cc1[nH]c2ccccc2c1C1C(C(=O)c2cc3cc(Cl)ccc3o2)=C(O)C(=O)N1c1ccc(Cl)cc1. The molecule has 6 rings (SSSR count). The van der Waals surface area contributed by atoms with Gasteiger partial charge in [0.2, 0.25) is 5.78 Å². The third-order valence-electron chi connectivity index (χ3n) is 6.48. The lowest BCUT2D eigenvalue weighted by atomic mass is 9.92. The van der Waals surface area contributed by atoms with Gasteiger partial charge in [-0.25, -0.2) is 0 Å². The van der Waals surface area contributed by atoms with Crippen LogP contribution in [0.5, 0.6) is 0 Å². The first-order valence-corrected chi connectivity index (χ1v) is 11.9. The summed E-state index contributed by atoms with van der Waals surface area (Å²) in [5, 5.41) is 13.6. The standard InChI is InChI=1S/C28H18Cl2N2O4/c1-14-23(19-4-2-3-5-20(19)31-14)25-24(26(33)22-13-15-12-17(30)8-11-21(15)36-22)27(34)28(35)32(25)18-9-6-16(29)7-10-18/h2-13,25,31,34H,1H3. The van der Waals surface area contributed by atoms with Crippen LogP contribution in [0, 0.1) is 6.92 Å². The van der Waals surface area contributed by atoms with E-state index >= 15 is 0 Å². The number of hydrogen-bond acceptors (Lipinski definition) is 4. The number of benzene rings is 3. The van der Waals surface area contributed by atoms with E-state index in [2.05, 4.69) is 4.98 Å². The number of hydrogen-bond donors (Lipinski definition) is 2. The highest BCUT2D eigenvalue weighted by molar-refractivity contribution is 6.31. The number of aryl methyl sites for hydroxylation is 1. The Morgan fingerprint density at radius 2 is 1.72 bits per heavy atom. The number of H-pyrrole nitrogens is 1. The van der Waals surface area contributed by atoms with E-state index in [0.717, 1.165) is 16.6 Å². The molecule has 1 aliphatic rings. The molecule has 1 aliphatic heterocycles. The summed E-state index contributed by atoms with van der Waals surface area (Å²) in [4.78, 5) is 32.1. The predicted octanol–water partition coefficient (Wildman–Crippen LogP) is 7.31. The van der Waals surface area contributed by atoms with Gasteiger partial charge in [0.05, 0.1) is 11.6 Å². The van der Waals surface area contributed by atoms with Crippen LogP contribution in [-0.4, -0.2) is 21.8 Å². The Morgan fingerprint density at radius 3 is 2.50 bits per heavy atom. The molecule has 0 spiro atoms. The summed E-state index contributed by atoms with van der Waals surface area (Å²) >= 11 is 12.2. The molecule has 1 unspecified atom stereocenters. The molecule has 0 bridgehead atoms. The number of aromatic amines is 1. The van der Waals surface area contributed by atoms with E-state index in [0.29, 0.717) is 32.3 Å². The molecule has 0 aliphatic carbocycles. The average Bonchev–Trinajstić information content (AvgIpc) is 3.50. The van der Waals surface area contributed by atoms with Crippen molar-refractivity contribution < 1.29 is 19.1 Å². The van der Waals surface area contributed by atoms with Crippen molar-refractivity contribution in [2.45, 2.75) is 13.0 Å². The lowest BCUT2D eigenvalue weighted by Crippen LogP contribution is -2.31. The number of furan rings is 1. The van der Waals surface area contributed by atoms with Gasteiger partial charge < -0.3 is 14.5 Å². The Balaban J connectivity index is 1.57. The Hall–Kier alpha value is -4.00. The number of carbonyl (C=O) groups excluding carboxylic acids is 2. The second kappa shape index (κ2) is 8.29. The molecule has 1 atom stereocenters. The molecule has 2 N–H and O–H groups in total. The van der Waals surface area contributed by atoms with E-state index < -0.39 is 23.5 Å². The molecule has 0 saturated carbocycles. The van der Waals surface area contributed by atoms with Crippen LogP contribution in [0.4, 0.5) is 5.69 Å². The zero-order valence-electron chi connectivity index (χ0n) is 18.9. The van der Waals surface area contributed by atoms with E-state index in [1.807, 2.05) is 31.2 Å². The first kappa shape index (κ1) is 22.5. The largest absolute Gasteiger partial charge is 0.503 e. The zero-order chi connectivity index (χ0) is 25.1. The van der Waals surface area contributed by atoms with Crippen molar-refractivity contribution in [3.8, 4) is 0 Å². The van der Waals surface area contributed by atoms with Crippen molar-refractivity contribution in [1.29, 1.82) is 0 Å². The number of Topliss-reactive ketones (excluding diaryl/α,β-unsaturated/α-hetero) is 1. The lowest BCUT2D eigenvalue weighted by molar-refractivity contribution is -0.117. The van der Waals surface area contributed by atoms with E-state index in [4.69, 9.17) is 27.6 Å². The number of aliphatic hydroxyl groups excluding tert-OH is 1. The fourth-order valence-electron chi connectivity index (χ4n) is 4.89. The molecule has 1 amide bonds. The first-order chi connectivity index (χ1) is 17.3. The van der Waals surface area contributed by atoms with E-state index in [1.165, 1.54) is 4.90 Å². The molecule has 178 valence electrons. The lowest BCUT2D eigenvalue weighted by Gasteiger charge is -2.27. The normalized spacial score (nSPS) is 16.0. The van der Waals surface area contributed by atoms with Gasteiger partial charge in [0.15, 0.2) is 11.5 Å². The summed E-state index contributed by atoms with van der Waals surface area (Å²) in [7, 11) is 0. The minimum absolute atomic E-state index is 0.00191. The summed E-state index contributed by atoms with van der Waals surface area (Å²) < 4.78 is 5.81. The van der Waals surface area contributed by atoms with Gasteiger partial charge in [0.1, 0.15) is 5.58 Å². The third kappa shape index (κ3) is 3.41. The van der Waals surface area contributed by atoms with Crippen LogP contribution in [0.15, 0.2) is 88.5 Å². The number of carbonyl (C=O) groups is 2. The van der Waals surface area contributed by atoms with E-state index in [9.17, 15) is 14.7 Å². The quantitative estimate of drug-likeness (QED) is 0.245. The zero-order valence-corrected chi connectivity index (χ0v) is 20.4. The van der Waals surface area contributed by atoms with Crippen molar-refractivity contribution in [3.05, 3.63) is 111 Å². The smallest absolute Gasteiger partial charge is 0.294 e. The minimum atomic E-state index is -0.904.